The molecule has 0 aliphatic carbocycles. The molecule has 0 atom stereocenters. The number of hydrogen-bond donors (Lipinski definition) is 3. The third kappa shape index (κ3) is 5.87. The Morgan fingerprint density at radius 2 is 2.15 bits per heavy atom. The van der Waals surface area contributed by atoms with Crippen molar-refractivity contribution in [1.29, 1.82) is 0 Å². The van der Waals surface area contributed by atoms with Crippen LogP contribution in [0.15, 0.2) is 16.0 Å². The van der Waals surface area contributed by atoms with Gasteiger partial charge in [-0.2, -0.15) is 0 Å². The normalized spacial score (nSPS) is 10.1. The molecule has 8 heteroatoms. The van der Waals surface area contributed by atoms with E-state index in [-0.39, 0.29) is 29.5 Å². The molecule has 1 rings (SSSR count). The van der Waals surface area contributed by atoms with Crippen LogP contribution < -0.4 is 16.2 Å². The van der Waals surface area contributed by atoms with Crippen LogP contribution in [0.3, 0.4) is 0 Å². The Labute approximate surface area is 120 Å². The number of carbonyl (C=O) groups excluding carboxylic acids is 2. The Hall–Kier alpha value is -1.83. The molecule has 0 spiro atoms. The van der Waals surface area contributed by atoms with Gasteiger partial charge in [0.05, 0.1) is 17.9 Å². The lowest BCUT2D eigenvalue weighted by Gasteiger charge is -2.04. The second kappa shape index (κ2) is 8.36. The quantitative estimate of drug-likeness (QED) is 0.472. The first-order valence-corrected chi connectivity index (χ1v) is 7.24. The van der Waals surface area contributed by atoms with Gasteiger partial charge in [0.15, 0.2) is 5.16 Å². The average molecular weight is 298 g/mol. The standard InChI is InChI=1S/C12H18N4O3S/c1-3-4-14-11(19)7-20-12-15-8(5-9(17)13-2)6-10(18)16-12/h6H,3-5,7H2,1-2H3,(H,13,17)(H,14,19)(H,15,16,18). The number of nitrogens with one attached hydrogen (secondary N) is 3. The summed E-state index contributed by atoms with van der Waals surface area (Å²) in [5, 5.41) is 5.53. The number of hydrogen-bond acceptors (Lipinski definition) is 5. The molecule has 0 saturated heterocycles. The fourth-order valence-electron chi connectivity index (χ4n) is 1.34. The number of carbonyl (C=O) groups is 2. The van der Waals surface area contributed by atoms with Gasteiger partial charge in [0.2, 0.25) is 11.8 Å². The van der Waals surface area contributed by atoms with Crippen LogP contribution in [0.5, 0.6) is 0 Å². The highest BCUT2D eigenvalue weighted by Crippen LogP contribution is 2.10. The molecular weight excluding hydrogens is 280 g/mol. The summed E-state index contributed by atoms with van der Waals surface area (Å²) in [4.78, 5) is 40.8. The zero-order chi connectivity index (χ0) is 15.0. The lowest BCUT2D eigenvalue weighted by atomic mass is 10.3. The van der Waals surface area contributed by atoms with Gasteiger partial charge >= 0.3 is 0 Å². The molecule has 20 heavy (non-hydrogen) atoms. The molecular formula is C12H18N4O3S. The van der Waals surface area contributed by atoms with Gasteiger partial charge in [-0.15, -0.1) is 0 Å². The molecule has 0 unspecified atom stereocenters. The van der Waals surface area contributed by atoms with E-state index in [0.29, 0.717) is 17.4 Å². The van der Waals surface area contributed by atoms with Crippen LogP contribution >= 0.6 is 11.8 Å². The first-order chi connectivity index (χ1) is 9.55. The Bertz CT molecular complexity index is 530. The summed E-state index contributed by atoms with van der Waals surface area (Å²) < 4.78 is 0. The van der Waals surface area contributed by atoms with Gasteiger partial charge in [0, 0.05) is 19.7 Å². The van der Waals surface area contributed by atoms with Crippen LogP contribution in [0.4, 0.5) is 0 Å². The topological polar surface area (TPSA) is 104 Å². The van der Waals surface area contributed by atoms with Crippen LogP contribution in [0.2, 0.25) is 0 Å². The van der Waals surface area contributed by atoms with Gasteiger partial charge in [0.25, 0.3) is 5.56 Å². The molecule has 0 aliphatic rings. The van der Waals surface area contributed by atoms with E-state index in [1.807, 2.05) is 6.92 Å². The molecule has 1 aromatic heterocycles. The zero-order valence-corrected chi connectivity index (χ0v) is 12.3. The minimum atomic E-state index is -0.338. The highest BCUT2D eigenvalue weighted by molar-refractivity contribution is 7.99. The molecule has 2 amide bonds. The van der Waals surface area contributed by atoms with Crippen LogP contribution in [0, 0.1) is 0 Å². The van der Waals surface area contributed by atoms with Gasteiger partial charge in [-0.1, -0.05) is 18.7 Å². The summed E-state index contributed by atoms with van der Waals surface area (Å²) in [5.74, 6) is -0.164. The second-order valence-electron chi connectivity index (χ2n) is 4.03. The van der Waals surface area contributed by atoms with Gasteiger partial charge < -0.3 is 15.6 Å². The number of thioether (sulfide) groups is 1. The Balaban J connectivity index is 2.64. The fourth-order valence-corrected chi connectivity index (χ4v) is 2.07. The summed E-state index contributed by atoms with van der Waals surface area (Å²) in [5.41, 5.74) is 0.0416. The zero-order valence-electron chi connectivity index (χ0n) is 11.5. The maximum absolute atomic E-state index is 11.5. The maximum atomic E-state index is 11.5. The number of nitrogens with zero attached hydrogens (tertiary/aromatic N) is 1. The maximum Gasteiger partial charge on any atom is 0.251 e. The lowest BCUT2D eigenvalue weighted by molar-refractivity contribution is -0.120. The molecule has 0 aliphatic heterocycles. The smallest absolute Gasteiger partial charge is 0.251 e. The van der Waals surface area contributed by atoms with E-state index in [2.05, 4.69) is 20.6 Å². The highest BCUT2D eigenvalue weighted by atomic mass is 32.2. The van der Waals surface area contributed by atoms with Crippen molar-refractivity contribution >= 4 is 23.6 Å². The van der Waals surface area contributed by atoms with Crippen molar-refractivity contribution in [1.82, 2.24) is 20.6 Å². The Kier molecular flexibility index (Phi) is 6.78. The summed E-state index contributed by atoms with van der Waals surface area (Å²) in [6.07, 6.45) is 0.906. The van der Waals surface area contributed by atoms with Gasteiger partial charge in [-0.3, -0.25) is 14.4 Å². The molecule has 3 N–H and O–H groups in total. The van der Waals surface area contributed by atoms with Crippen molar-refractivity contribution in [3.63, 3.8) is 0 Å². The number of aromatic amines is 1. The van der Waals surface area contributed by atoms with E-state index < -0.39 is 0 Å². The minimum absolute atomic E-state index is 0.0377. The fraction of sp³-hybridized carbons (Fsp3) is 0.500. The third-order valence-corrected chi connectivity index (χ3v) is 3.18. The van der Waals surface area contributed by atoms with Crippen molar-refractivity contribution in [3.05, 3.63) is 22.1 Å². The number of likely N-dealkylation sites (N-methyl/N-ethyl adjacent to an activating group) is 1. The number of rotatable bonds is 7. The second-order valence-corrected chi connectivity index (χ2v) is 4.99. The molecule has 0 fully saturated rings. The van der Waals surface area contributed by atoms with E-state index in [1.54, 1.807) is 0 Å². The summed E-state index contributed by atoms with van der Waals surface area (Å²) >= 11 is 1.13. The summed E-state index contributed by atoms with van der Waals surface area (Å²) in [6, 6.07) is 1.27. The molecule has 0 aromatic carbocycles. The predicted molar refractivity (Wildman–Crippen MR) is 76.7 cm³/mol. The first kappa shape index (κ1) is 16.2. The van der Waals surface area contributed by atoms with E-state index in [1.165, 1.54) is 13.1 Å². The predicted octanol–water partition coefficient (Wildman–Crippen LogP) is -0.323. The summed E-state index contributed by atoms with van der Waals surface area (Å²) in [6.45, 7) is 2.59. The monoisotopic (exact) mass is 298 g/mol. The molecule has 7 nitrogen and oxygen atoms in total. The van der Waals surface area contributed by atoms with Crippen molar-refractivity contribution in [2.24, 2.45) is 0 Å². The van der Waals surface area contributed by atoms with E-state index in [4.69, 9.17) is 0 Å². The largest absolute Gasteiger partial charge is 0.359 e. The van der Waals surface area contributed by atoms with Crippen LogP contribution in [0.25, 0.3) is 0 Å². The van der Waals surface area contributed by atoms with Crippen LogP contribution in [0.1, 0.15) is 19.0 Å². The molecule has 1 heterocycles. The number of H-pyrrole nitrogens is 1. The first-order valence-electron chi connectivity index (χ1n) is 6.25. The van der Waals surface area contributed by atoms with Crippen molar-refractivity contribution in [3.8, 4) is 0 Å². The molecule has 0 bridgehead atoms. The van der Waals surface area contributed by atoms with Gasteiger partial charge in [0.1, 0.15) is 0 Å². The SMILES string of the molecule is CCCNC(=O)CSc1nc(CC(=O)NC)cc(=O)[nH]1. The van der Waals surface area contributed by atoms with Crippen molar-refractivity contribution < 1.29 is 9.59 Å². The molecule has 1 aromatic rings. The average Bonchev–Trinajstić information content (AvgIpc) is 2.42. The van der Waals surface area contributed by atoms with Crippen LogP contribution in [-0.4, -0.2) is 41.1 Å². The van der Waals surface area contributed by atoms with Gasteiger partial charge in [-0.25, -0.2) is 4.98 Å². The molecule has 110 valence electrons. The summed E-state index contributed by atoms with van der Waals surface area (Å²) in [7, 11) is 1.52. The van der Waals surface area contributed by atoms with E-state index >= 15 is 0 Å². The van der Waals surface area contributed by atoms with Crippen molar-refractivity contribution in [2.75, 3.05) is 19.3 Å². The number of amides is 2. The third-order valence-electron chi connectivity index (χ3n) is 2.31. The molecule has 0 saturated carbocycles. The van der Waals surface area contributed by atoms with Crippen molar-refractivity contribution in [2.45, 2.75) is 24.9 Å². The highest BCUT2D eigenvalue weighted by Gasteiger charge is 2.08. The van der Waals surface area contributed by atoms with E-state index in [0.717, 1.165) is 18.2 Å². The number of aromatic nitrogens is 2. The minimum Gasteiger partial charge on any atom is -0.359 e. The lowest BCUT2D eigenvalue weighted by Crippen LogP contribution is -2.26. The van der Waals surface area contributed by atoms with E-state index in [9.17, 15) is 14.4 Å². The van der Waals surface area contributed by atoms with Crippen LogP contribution in [-0.2, 0) is 16.0 Å². The Morgan fingerprint density at radius 1 is 1.40 bits per heavy atom. The molecule has 0 radical (unpaired) electrons. The van der Waals surface area contributed by atoms with Gasteiger partial charge in [-0.05, 0) is 6.42 Å². The Morgan fingerprint density at radius 3 is 2.80 bits per heavy atom.